The first kappa shape index (κ1) is 13.5. The topological polar surface area (TPSA) is 90.7 Å². The van der Waals surface area contributed by atoms with Gasteiger partial charge in [0.25, 0.3) is 0 Å². The van der Waals surface area contributed by atoms with Crippen molar-refractivity contribution in [2.75, 3.05) is 5.43 Å². The Morgan fingerprint density at radius 3 is 2.78 bits per heavy atom. The van der Waals surface area contributed by atoms with Gasteiger partial charge in [0.2, 0.25) is 16.5 Å². The number of aliphatic imine (C=N–C) groups is 2. The van der Waals surface area contributed by atoms with Crippen LogP contribution in [-0.4, -0.2) is 36.4 Å². The molecule has 0 saturated carbocycles. The fraction of sp³-hybridized carbons (Fsp3) is 0.167. The van der Waals surface area contributed by atoms with Crippen LogP contribution in [0.4, 0.5) is 5.95 Å². The molecule has 0 aliphatic carbocycles. The van der Waals surface area contributed by atoms with Crippen LogP contribution in [0.5, 0.6) is 0 Å². The second-order valence-electron chi connectivity index (χ2n) is 2.84. The van der Waals surface area contributed by atoms with Crippen molar-refractivity contribution in [3.63, 3.8) is 0 Å². The summed E-state index contributed by atoms with van der Waals surface area (Å²) in [5, 5.41) is 0.956. The predicted octanol–water partition coefficient (Wildman–Crippen LogP) is 1.38. The fourth-order valence-electron chi connectivity index (χ4n) is 0.944. The number of amidine groups is 1. The van der Waals surface area contributed by atoms with Crippen LogP contribution >= 0.6 is 46.6 Å². The number of hydrazine groups is 1. The predicted molar refractivity (Wildman–Crippen MR) is 69.7 cm³/mol. The van der Waals surface area contributed by atoms with Crippen LogP contribution in [0, 0.1) is 0 Å². The van der Waals surface area contributed by atoms with Gasteiger partial charge in [-0.15, -0.1) is 0 Å². The number of aromatic nitrogens is 3. The summed E-state index contributed by atoms with van der Waals surface area (Å²) in [7, 11) is 0. The van der Waals surface area contributed by atoms with Gasteiger partial charge in [0.05, 0.1) is 6.34 Å². The highest BCUT2D eigenvalue weighted by molar-refractivity contribution is 6.65. The van der Waals surface area contributed by atoms with Crippen LogP contribution in [0.1, 0.15) is 0 Å². The summed E-state index contributed by atoms with van der Waals surface area (Å²) in [6.45, 7) is 0. The van der Waals surface area contributed by atoms with E-state index in [0.717, 1.165) is 4.53 Å². The van der Waals surface area contributed by atoms with Crippen molar-refractivity contribution in [1.29, 1.82) is 0 Å². The Morgan fingerprint density at radius 1 is 1.33 bits per heavy atom. The monoisotopic (exact) mass is 328 g/mol. The van der Waals surface area contributed by atoms with Crippen molar-refractivity contribution < 1.29 is 0 Å². The second kappa shape index (κ2) is 5.37. The third-order valence-electron chi connectivity index (χ3n) is 1.66. The maximum atomic E-state index is 6.06. The summed E-state index contributed by atoms with van der Waals surface area (Å²) in [6.07, 6.45) is 2.45. The molecule has 0 aromatic carbocycles. The van der Waals surface area contributed by atoms with Gasteiger partial charge in [-0.3, -0.25) is 5.43 Å². The number of anilines is 1. The van der Waals surface area contributed by atoms with Gasteiger partial charge < -0.3 is 5.32 Å². The average Bonchev–Trinajstić information content (AvgIpc) is 2.28. The lowest BCUT2D eigenvalue weighted by atomic mass is 10.7. The maximum absolute atomic E-state index is 6.06. The highest BCUT2D eigenvalue weighted by Gasteiger charge is 2.36. The van der Waals surface area contributed by atoms with Crippen LogP contribution in [0.15, 0.2) is 16.3 Å². The van der Waals surface area contributed by atoms with Crippen molar-refractivity contribution in [1.82, 2.24) is 24.8 Å². The van der Waals surface area contributed by atoms with Crippen LogP contribution in [-0.2, 0) is 0 Å². The molecule has 0 saturated heterocycles. The molecule has 0 bridgehead atoms. The van der Waals surface area contributed by atoms with Crippen LogP contribution in [0.3, 0.4) is 0 Å². The number of hydrogen-bond acceptors (Lipinski definition) is 8. The number of alkyl halides is 1. The smallest absolute Gasteiger partial charge is 0.302 e. The first-order valence-electron chi connectivity index (χ1n) is 4.31. The molecule has 8 nitrogen and oxygen atoms in total. The molecule has 0 radical (unpaired) electrons. The zero-order chi connectivity index (χ0) is 13.2. The minimum atomic E-state index is -1.57. The van der Waals surface area contributed by atoms with Crippen molar-refractivity contribution in [2.24, 2.45) is 9.98 Å². The normalized spacial score (nSPS) is 22.6. The molecule has 0 fully saturated rings. The van der Waals surface area contributed by atoms with Gasteiger partial charge in [0.1, 0.15) is 6.33 Å². The van der Waals surface area contributed by atoms with Gasteiger partial charge in [-0.2, -0.15) is 9.98 Å². The van der Waals surface area contributed by atoms with Gasteiger partial charge in [-0.1, -0.05) is 4.53 Å². The fourth-order valence-corrected chi connectivity index (χ4v) is 1.62. The Bertz CT molecular complexity index is 506. The summed E-state index contributed by atoms with van der Waals surface area (Å²) < 4.78 is 0.869. The number of nitrogens with one attached hydrogen (secondary N) is 2. The molecule has 2 heterocycles. The van der Waals surface area contributed by atoms with Crippen LogP contribution in [0.25, 0.3) is 0 Å². The van der Waals surface area contributed by atoms with Gasteiger partial charge >= 0.3 is 5.25 Å². The van der Waals surface area contributed by atoms with E-state index in [0.29, 0.717) is 0 Å². The average molecular weight is 330 g/mol. The molecule has 0 amide bonds. The molecule has 18 heavy (non-hydrogen) atoms. The first-order chi connectivity index (χ1) is 8.49. The zero-order valence-corrected chi connectivity index (χ0v) is 11.4. The summed E-state index contributed by atoms with van der Waals surface area (Å²) in [5.74, 6) is 0.0839. The van der Waals surface area contributed by atoms with E-state index in [1.807, 2.05) is 0 Å². The molecular formula is C6H4Cl4N8. The molecule has 96 valence electrons. The van der Waals surface area contributed by atoms with Gasteiger partial charge in [-0.05, 0) is 34.8 Å². The van der Waals surface area contributed by atoms with Crippen molar-refractivity contribution in [3.8, 4) is 0 Å². The van der Waals surface area contributed by atoms with Crippen LogP contribution < -0.4 is 10.7 Å². The third-order valence-corrected chi connectivity index (χ3v) is 2.80. The largest absolute Gasteiger partial charge is 0.324 e. The molecule has 1 aliphatic heterocycles. The lowest BCUT2D eigenvalue weighted by Crippen LogP contribution is -2.52. The minimum absolute atomic E-state index is 0.000823. The summed E-state index contributed by atoms with van der Waals surface area (Å²) >= 11 is 23.2. The van der Waals surface area contributed by atoms with E-state index in [4.69, 9.17) is 46.6 Å². The van der Waals surface area contributed by atoms with E-state index in [1.54, 1.807) is 0 Å². The van der Waals surface area contributed by atoms with E-state index in [-0.39, 0.29) is 16.5 Å². The Morgan fingerprint density at radius 2 is 2.11 bits per heavy atom. The number of nitrogens with zero attached hydrogens (tertiary/aromatic N) is 6. The molecule has 1 atom stereocenters. The zero-order valence-electron chi connectivity index (χ0n) is 8.35. The molecule has 1 aromatic rings. The van der Waals surface area contributed by atoms with Crippen molar-refractivity contribution >= 4 is 64.2 Å². The Balaban J connectivity index is 2.13. The van der Waals surface area contributed by atoms with Gasteiger partial charge in [-0.25, -0.2) is 15.0 Å². The van der Waals surface area contributed by atoms with Gasteiger partial charge in [0, 0.05) is 11.8 Å². The molecule has 2 rings (SSSR count). The molecule has 1 unspecified atom stereocenters. The number of rotatable bonds is 3. The van der Waals surface area contributed by atoms with E-state index in [2.05, 4.69) is 35.7 Å². The van der Waals surface area contributed by atoms with Gasteiger partial charge in [0.15, 0.2) is 0 Å². The second-order valence-corrected chi connectivity index (χ2v) is 4.38. The SMILES string of the molecule is ClC1=NC(Cl)(N(Cl)Nc2ncnc(Cl)n2)NC=N1. The molecular weight excluding hydrogens is 326 g/mol. The molecule has 0 spiro atoms. The van der Waals surface area contributed by atoms with E-state index < -0.39 is 5.25 Å². The highest BCUT2D eigenvalue weighted by atomic mass is 35.5. The number of hydrogen-bond donors (Lipinski definition) is 2. The maximum Gasteiger partial charge on any atom is 0.302 e. The molecule has 12 heteroatoms. The minimum Gasteiger partial charge on any atom is -0.324 e. The highest BCUT2D eigenvalue weighted by Crippen LogP contribution is 2.24. The Labute approximate surface area is 121 Å². The van der Waals surface area contributed by atoms with Crippen molar-refractivity contribution in [3.05, 3.63) is 11.6 Å². The Hall–Kier alpha value is -0.930. The van der Waals surface area contributed by atoms with Crippen molar-refractivity contribution in [2.45, 2.75) is 5.25 Å². The number of halogens is 4. The van der Waals surface area contributed by atoms with E-state index in [1.165, 1.54) is 12.7 Å². The molecule has 2 N–H and O–H groups in total. The summed E-state index contributed by atoms with van der Waals surface area (Å²) in [4.78, 5) is 18.6. The standard InChI is InChI=1S/C6H4Cl4N8/c7-3-11-1-13-5(15-3)17-18(10)6(9)14-2-12-4(8)16-6/h1-2H,(H,12,14,16)(H,11,13,15,17). The first-order valence-corrected chi connectivity index (χ1v) is 5.78. The van der Waals surface area contributed by atoms with E-state index >= 15 is 0 Å². The van der Waals surface area contributed by atoms with E-state index in [9.17, 15) is 0 Å². The lowest BCUT2D eigenvalue weighted by Gasteiger charge is -2.31. The summed E-state index contributed by atoms with van der Waals surface area (Å²) in [6, 6.07) is 0. The molecule has 1 aromatic heterocycles. The van der Waals surface area contributed by atoms with Crippen LogP contribution in [0.2, 0.25) is 5.28 Å². The quantitative estimate of drug-likeness (QED) is 0.377. The third kappa shape index (κ3) is 3.09. The lowest BCUT2D eigenvalue weighted by molar-refractivity contribution is 0.323. The summed E-state index contributed by atoms with van der Waals surface area (Å²) in [5.41, 5.74) is 2.54. The Kier molecular flexibility index (Phi) is 4.03. The molecule has 1 aliphatic rings.